The topological polar surface area (TPSA) is 109 Å². The second-order valence-corrected chi connectivity index (χ2v) is 8.80. The highest BCUT2D eigenvalue weighted by Gasteiger charge is 2.50. The Morgan fingerprint density at radius 2 is 2.00 bits per heavy atom. The molecule has 2 aromatic rings. The number of amides is 2. The number of rotatable bonds is 4. The van der Waals surface area contributed by atoms with E-state index in [1.54, 1.807) is 54.4 Å². The molecule has 2 saturated heterocycles. The van der Waals surface area contributed by atoms with Gasteiger partial charge in [-0.25, -0.2) is 4.79 Å². The van der Waals surface area contributed by atoms with Crippen LogP contribution < -0.4 is 4.74 Å². The summed E-state index contributed by atoms with van der Waals surface area (Å²) in [6.07, 6.45) is 2.92. The lowest BCUT2D eigenvalue weighted by molar-refractivity contribution is -0.142. The Balaban J connectivity index is 1.51. The highest BCUT2D eigenvalue weighted by Crippen LogP contribution is 2.42. The number of nitrogens with zero attached hydrogens (tertiary/aromatic N) is 3. The van der Waals surface area contributed by atoms with Gasteiger partial charge in [-0.05, 0) is 55.7 Å². The first-order chi connectivity index (χ1) is 17.0. The zero-order chi connectivity index (χ0) is 24.5. The molecule has 1 aromatic heterocycles. The summed E-state index contributed by atoms with van der Waals surface area (Å²) in [5.41, 5.74) is 1.94. The third-order valence-corrected chi connectivity index (χ3v) is 6.79. The first-order valence-corrected chi connectivity index (χ1v) is 11.9. The third kappa shape index (κ3) is 4.11. The lowest BCUT2D eigenvalue weighted by atomic mass is 9.95. The molecule has 3 aliphatic heterocycles. The predicted octanol–water partition coefficient (Wildman–Crippen LogP) is 3.06. The number of benzene rings is 1. The number of aromatic nitrogens is 1. The molecule has 1 atom stereocenters. The monoisotopic (exact) mass is 477 g/mol. The van der Waals surface area contributed by atoms with Crippen LogP contribution in [0.15, 0.2) is 48.2 Å². The van der Waals surface area contributed by atoms with Crippen molar-refractivity contribution in [3.8, 4) is 5.75 Å². The fourth-order valence-electron chi connectivity index (χ4n) is 5.09. The number of ether oxygens (including phenoxy) is 2. The van der Waals surface area contributed by atoms with Gasteiger partial charge in [-0.1, -0.05) is 6.07 Å². The Morgan fingerprint density at radius 1 is 1.20 bits per heavy atom. The normalized spacial score (nSPS) is 21.7. The maximum atomic E-state index is 13.3. The molecule has 3 aliphatic rings. The number of piperidine rings is 1. The summed E-state index contributed by atoms with van der Waals surface area (Å²) in [5.74, 6) is -0.860. The number of aliphatic hydroxyl groups excluding tert-OH is 1. The molecule has 1 aromatic carbocycles. The maximum absolute atomic E-state index is 13.3. The van der Waals surface area contributed by atoms with E-state index in [4.69, 9.17) is 9.47 Å². The van der Waals surface area contributed by atoms with Crippen LogP contribution in [0.3, 0.4) is 0 Å². The van der Waals surface area contributed by atoms with E-state index in [9.17, 15) is 19.5 Å². The zero-order valence-corrected chi connectivity index (χ0v) is 19.5. The van der Waals surface area contributed by atoms with Crippen LogP contribution in [0.1, 0.15) is 42.6 Å². The Labute approximate surface area is 203 Å². The largest absolute Gasteiger partial charge is 0.507 e. The molecular formula is C26H27N3O6. The Morgan fingerprint density at radius 3 is 2.71 bits per heavy atom. The van der Waals surface area contributed by atoms with Crippen molar-refractivity contribution in [1.29, 1.82) is 0 Å². The molecule has 2 fully saturated rings. The fraction of sp³-hybridized carbons (Fsp3) is 0.385. The molecule has 0 aliphatic carbocycles. The molecule has 0 bridgehead atoms. The van der Waals surface area contributed by atoms with Gasteiger partial charge < -0.3 is 24.4 Å². The average Bonchev–Trinajstić information content (AvgIpc) is 3.46. The van der Waals surface area contributed by atoms with Crippen LogP contribution in [-0.4, -0.2) is 70.0 Å². The van der Waals surface area contributed by atoms with Gasteiger partial charge in [0.05, 0.1) is 24.5 Å². The molecule has 0 spiro atoms. The number of pyridine rings is 1. The number of carbonyl (C=O) groups excluding carboxylic acids is 3. The van der Waals surface area contributed by atoms with Crippen LogP contribution >= 0.6 is 0 Å². The van der Waals surface area contributed by atoms with Gasteiger partial charge in [-0.2, -0.15) is 0 Å². The minimum atomic E-state index is -0.820. The van der Waals surface area contributed by atoms with Crippen LogP contribution in [0.5, 0.6) is 5.75 Å². The number of carbonyl (C=O) groups is 3. The lowest BCUT2D eigenvalue weighted by Crippen LogP contribution is -2.48. The second kappa shape index (κ2) is 9.40. The van der Waals surface area contributed by atoms with Crippen molar-refractivity contribution in [2.45, 2.75) is 38.3 Å². The van der Waals surface area contributed by atoms with E-state index in [1.165, 1.54) is 4.90 Å². The van der Waals surface area contributed by atoms with E-state index >= 15 is 0 Å². The van der Waals surface area contributed by atoms with E-state index in [-0.39, 0.29) is 23.5 Å². The summed E-state index contributed by atoms with van der Waals surface area (Å²) in [6.45, 7) is 3.44. The van der Waals surface area contributed by atoms with Crippen molar-refractivity contribution in [1.82, 2.24) is 14.8 Å². The summed E-state index contributed by atoms with van der Waals surface area (Å²) in [5, 5.41) is 11.3. The standard InChI is InChI=1S/C26H27N3O6/c1-2-34-26(33)28-12-8-18(9-13-28)29-22(19-5-3-4-11-27-19)21(24(31)25(29)32)23(30)17-6-7-20-16(15-17)10-14-35-20/h3-7,11,15,18,22,30H,2,8-10,12-14H2,1H3/b23-21-. The minimum Gasteiger partial charge on any atom is -0.507 e. The van der Waals surface area contributed by atoms with Crippen molar-refractivity contribution in [3.63, 3.8) is 0 Å². The van der Waals surface area contributed by atoms with Gasteiger partial charge in [-0.15, -0.1) is 0 Å². The summed E-state index contributed by atoms with van der Waals surface area (Å²) < 4.78 is 10.6. The van der Waals surface area contributed by atoms with Crippen LogP contribution in [0.2, 0.25) is 0 Å². The number of hydrogen-bond acceptors (Lipinski definition) is 7. The van der Waals surface area contributed by atoms with Crippen LogP contribution in [-0.2, 0) is 20.7 Å². The molecule has 0 saturated carbocycles. The van der Waals surface area contributed by atoms with E-state index in [1.807, 2.05) is 0 Å². The van der Waals surface area contributed by atoms with Crippen LogP contribution in [0, 0.1) is 0 Å². The summed E-state index contributed by atoms with van der Waals surface area (Å²) in [6, 6.07) is 9.46. The van der Waals surface area contributed by atoms with Gasteiger partial charge in [0, 0.05) is 37.3 Å². The first kappa shape index (κ1) is 22.9. The summed E-state index contributed by atoms with van der Waals surface area (Å²) in [7, 11) is 0. The minimum absolute atomic E-state index is 0.0281. The highest BCUT2D eigenvalue weighted by atomic mass is 16.6. The van der Waals surface area contributed by atoms with E-state index < -0.39 is 17.7 Å². The Bertz CT molecular complexity index is 1190. The number of aliphatic hydroxyl groups is 1. The Hall–Kier alpha value is -3.88. The van der Waals surface area contributed by atoms with Crippen molar-refractivity contribution >= 4 is 23.5 Å². The molecule has 35 heavy (non-hydrogen) atoms. The predicted molar refractivity (Wildman–Crippen MR) is 126 cm³/mol. The second-order valence-electron chi connectivity index (χ2n) is 8.80. The van der Waals surface area contributed by atoms with Gasteiger partial charge in [0.1, 0.15) is 17.6 Å². The van der Waals surface area contributed by atoms with Crippen LogP contribution in [0.25, 0.3) is 5.76 Å². The molecule has 4 heterocycles. The van der Waals surface area contributed by atoms with Gasteiger partial charge in [-0.3, -0.25) is 14.6 Å². The highest BCUT2D eigenvalue weighted by molar-refractivity contribution is 6.46. The molecule has 9 nitrogen and oxygen atoms in total. The molecule has 1 unspecified atom stereocenters. The van der Waals surface area contributed by atoms with Crippen molar-refractivity contribution in [3.05, 3.63) is 65.0 Å². The molecule has 5 rings (SSSR count). The van der Waals surface area contributed by atoms with Crippen molar-refractivity contribution < 1.29 is 29.0 Å². The number of fused-ring (bicyclic) bond motifs is 1. The third-order valence-electron chi connectivity index (χ3n) is 6.79. The quantitative estimate of drug-likeness (QED) is 0.409. The lowest BCUT2D eigenvalue weighted by Gasteiger charge is -2.38. The number of likely N-dealkylation sites (tertiary alicyclic amines) is 2. The molecular weight excluding hydrogens is 450 g/mol. The number of Topliss-reactive ketones (excluding diaryl/α,β-unsaturated/α-hetero) is 1. The molecule has 0 radical (unpaired) electrons. The van der Waals surface area contributed by atoms with Crippen LogP contribution in [0.4, 0.5) is 4.79 Å². The molecule has 2 amide bonds. The SMILES string of the molecule is CCOC(=O)N1CCC(N2C(=O)C(=O)/C(=C(\O)c3ccc4c(c3)CCO4)C2c2ccccn2)CC1. The molecule has 182 valence electrons. The zero-order valence-electron chi connectivity index (χ0n) is 19.5. The van der Waals surface area contributed by atoms with E-state index in [2.05, 4.69) is 4.98 Å². The van der Waals surface area contributed by atoms with Crippen molar-refractivity contribution in [2.75, 3.05) is 26.3 Å². The molecule has 9 heteroatoms. The van der Waals surface area contributed by atoms with Crippen molar-refractivity contribution in [2.24, 2.45) is 0 Å². The summed E-state index contributed by atoms with van der Waals surface area (Å²) >= 11 is 0. The van der Waals surface area contributed by atoms with Gasteiger partial charge in [0.2, 0.25) is 0 Å². The molecule has 1 N–H and O–H groups in total. The fourth-order valence-corrected chi connectivity index (χ4v) is 5.09. The Kier molecular flexibility index (Phi) is 6.15. The van der Waals surface area contributed by atoms with Gasteiger partial charge in [0.25, 0.3) is 11.7 Å². The maximum Gasteiger partial charge on any atom is 0.409 e. The van der Waals surface area contributed by atoms with Gasteiger partial charge >= 0.3 is 6.09 Å². The first-order valence-electron chi connectivity index (χ1n) is 11.9. The van der Waals surface area contributed by atoms with E-state index in [0.717, 1.165) is 11.3 Å². The van der Waals surface area contributed by atoms with Gasteiger partial charge in [0.15, 0.2) is 0 Å². The van der Waals surface area contributed by atoms with E-state index in [0.29, 0.717) is 56.8 Å². The average molecular weight is 478 g/mol. The number of hydrogen-bond donors (Lipinski definition) is 1. The number of ketones is 1. The summed E-state index contributed by atoms with van der Waals surface area (Å²) in [4.78, 5) is 46.3. The smallest absolute Gasteiger partial charge is 0.409 e.